The Morgan fingerprint density at radius 2 is 2.33 bits per heavy atom. The van der Waals surface area contributed by atoms with Crippen molar-refractivity contribution in [3.05, 3.63) is 11.4 Å². The smallest absolute Gasteiger partial charge is 0.271 e. The number of nitrogens with zero attached hydrogens (tertiary/aromatic N) is 2. The molecule has 2 rings (SSSR count). The van der Waals surface area contributed by atoms with E-state index in [1.54, 1.807) is 14.0 Å². The number of carbonyl (C=O) groups is 2. The summed E-state index contributed by atoms with van der Waals surface area (Å²) in [4.78, 5) is 23.1. The molecule has 7 heteroatoms. The first kappa shape index (κ1) is 12.4. The molecule has 1 aromatic rings. The zero-order valence-corrected chi connectivity index (χ0v) is 10.5. The third-order valence-corrected chi connectivity index (χ3v) is 3.08. The first-order valence-corrected chi connectivity index (χ1v) is 5.85. The molecule has 2 amide bonds. The molecule has 4 N–H and O–H groups in total. The summed E-state index contributed by atoms with van der Waals surface area (Å²) in [5.74, 6) is -0.229. The number of nitrogens with one attached hydrogen (secondary N) is 2. The van der Waals surface area contributed by atoms with Gasteiger partial charge < -0.3 is 16.4 Å². The monoisotopic (exact) mass is 251 g/mol. The lowest BCUT2D eigenvalue weighted by Gasteiger charge is -2.23. The minimum absolute atomic E-state index is 0.0244. The van der Waals surface area contributed by atoms with Gasteiger partial charge in [-0.25, -0.2) is 0 Å². The van der Waals surface area contributed by atoms with Crippen molar-refractivity contribution in [3.8, 4) is 0 Å². The fraction of sp³-hybridized carbons (Fsp3) is 0.545. The predicted octanol–water partition coefficient (Wildman–Crippen LogP) is -0.681. The van der Waals surface area contributed by atoms with Crippen LogP contribution >= 0.6 is 0 Å². The van der Waals surface area contributed by atoms with Gasteiger partial charge in [0.25, 0.3) is 5.91 Å². The van der Waals surface area contributed by atoms with Crippen molar-refractivity contribution in [2.45, 2.75) is 25.8 Å². The second-order valence-electron chi connectivity index (χ2n) is 4.48. The molecule has 0 saturated carbocycles. The highest BCUT2D eigenvalue weighted by atomic mass is 16.2. The van der Waals surface area contributed by atoms with Crippen LogP contribution in [0.2, 0.25) is 0 Å². The van der Waals surface area contributed by atoms with Crippen molar-refractivity contribution < 1.29 is 9.59 Å². The van der Waals surface area contributed by atoms with Crippen molar-refractivity contribution in [2.75, 3.05) is 12.3 Å². The van der Waals surface area contributed by atoms with Crippen molar-refractivity contribution in [1.29, 1.82) is 0 Å². The zero-order chi connectivity index (χ0) is 13.3. The van der Waals surface area contributed by atoms with E-state index in [0.717, 1.165) is 0 Å². The molecule has 1 atom stereocenters. The van der Waals surface area contributed by atoms with Gasteiger partial charge in [0.15, 0.2) is 0 Å². The molecule has 0 aliphatic carbocycles. The molecular formula is C11H17N5O2. The van der Waals surface area contributed by atoms with Crippen molar-refractivity contribution >= 4 is 17.5 Å². The lowest BCUT2D eigenvalue weighted by molar-refractivity contribution is -0.122. The van der Waals surface area contributed by atoms with Crippen molar-refractivity contribution in [3.63, 3.8) is 0 Å². The van der Waals surface area contributed by atoms with E-state index in [4.69, 9.17) is 5.73 Å². The van der Waals surface area contributed by atoms with Gasteiger partial charge >= 0.3 is 0 Å². The van der Waals surface area contributed by atoms with E-state index < -0.39 is 0 Å². The standard InChI is InChI=1S/C11H17N5O2/c1-6-9(12)10(16(2)15-6)11(18)14-7-3-4-8(17)13-5-7/h7H,3-5,12H2,1-2H3,(H,13,17)(H,14,18). The zero-order valence-electron chi connectivity index (χ0n) is 10.5. The van der Waals surface area contributed by atoms with Gasteiger partial charge in [-0.1, -0.05) is 0 Å². The molecule has 0 spiro atoms. The maximum absolute atomic E-state index is 12.1. The van der Waals surface area contributed by atoms with Crippen LogP contribution in [-0.4, -0.2) is 34.2 Å². The third-order valence-electron chi connectivity index (χ3n) is 3.08. The van der Waals surface area contributed by atoms with Crippen LogP contribution in [0.4, 0.5) is 5.69 Å². The van der Waals surface area contributed by atoms with E-state index in [1.165, 1.54) is 4.68 Å². The Morgan fingerprint density at radius 3 is 2.83 bits per heavy atom. The molecule has 0 radical (unpaired) electrons. The van der Waals surface area contributed by atoms with Gasteiger partial charge in [0, 0.05) is 26.1 Å². The second-order valence-corrected chi connectivity index (χ2v) is 4.48. The minimum atomic E-state index is -0.253. The lowest BCUT2D eigenvalue weighted by Crippen LogP contribution is -2.48. The quantitative estimate of drug-likeness (QED) is 0.648. The SMILES string of the molecule is Cc1nn(C)c(C(=O)NC2CCC(=O)NC2)c1N. The molecule has 2 heterocycles. The van der Waals surface area contributed by atoms with Crippen LogP contribution in [-0.2, 0) is 11.8 Å². The molecule has 1 aromatic heterocycles. The number of hydrogen-bond acceptors (Lipinski definition) is 4. The number of rotatable bonds is 2. The van der Waals surface area contributed by atoms with Gasteiger partial charge in [0.1, 0.15) is 5.69 Å². The van der Waals surface area contributed by atoms with E-state index in [2.05, 4.69) is 15.7 Å². The molecule has 1 unspecified atom stereocenters. The molecule has 0 aromatic carbocycles. The topological polar surface area (TPSA) is 102 Å². The molecule has 98 valence electrons. The van der Waals surface area contributed by atoms with Crippen LogP contribution < -0.4 is 16.4 Å². The lowest BCUT2D eigenvalue weighted by atomic mass is 10.1. The number of anilines is 1. The Kier molecular flexibility index (Phi) is 3.22. The molecule has 7 nitrogen and oxygen atoms in total. The highest BCUT2D eigenvalue weighted by Gasteiger charge is 2.23. The number of amides is 2. The van der Waals surface area contributed by atoms with Crippen LogP contribution in [0.1, 0.15) is 29.0 Å². The molecule has 1 fully saturated rings. The number of nitrogens with two attached hydrogens (primary N) is 1. The van der Waals surface area contributed by atoms with E-state index in [9.17, 15) is 9.59 Å². The van der Waals surface area contributed by atoms with Crippen molar-refractivity contribution in [2.24, 2.45) is 7.05 Å². The van der Waals surface area contributed by atoms with Gasteiger partial charge in [-0.3, -0.25) is 14.3 Å². The number of hydrogen-bond donors (Lipinski definition) is 3. The van der Waals surface area contributed by atoms with Crippen LogP contribution in [0.15, 0.2) is 0 Å². The summed E-state index contributed by atoms with van der Waals surface area (Å²) in [6.07, 6.45) is 1.08. The summed E-state index contributed by atoms with van der Waals surface area (Å²) in [5, 5.41) is 9.67. The van der Waals surface area contributed by atoms with Crippen LogP contribution in [0.5, 0.6) is 0 Å². The highest BCUT2D eigenvalue weighted by Crippen LogP contribution is 2.15. The summed E-state index contributed by atoms with van der Waals surface area (Å²) in [6.45, 7) is 2.22. The largest absolute Gasteiger partial charge is 0.395 e. The number of aryl methyl sites for hydroxylation is 2. The van der Waals surface area contributed by atoms with Crippen LogP contribution in [0, 0.1) is 6.92 Å². The van der Waals surface area contributed by atoms with E-state index in [-0.39, 0.29) is 17.9 Å². The van der Waals surface area contributed by atoms with Gasteiger partial charge in [0.05, 0.1) is 11.4 Å². The summed E-state index contributed by atoms with van der Waals surface area (Å²) in [6, 6.07) is -0.0511. The molecule has 1 aliphatic rings. The van der Waals surface area contributed by atoms with E-state index in [1.807, 2.05) is 0 Å². The fourth-order valence-corrected chi connectivity index (χ4v) is 2.05. The minimum Gasteiger partial charge on any atom is -0.395 e. The van der Waals surface area contributed by atoms with Gasteiger partial charge in [-0.05, 0) is 13.3 Å². The fourth-order valence-electron chi connectivity index (χ4n) is 2.05. The van der Waals surface area contributed by atoms with Gasteiger partial charge in [-0.15, -0.1) is 0 Å². The Morgan fingerprint density at radius 1 is 1.61 bits per heavy atom. The highest BCUT2D eigenvalue weighted by molar-refractivity contribution is 5.98. The second kappa shape index (κ2) is 4.67. The maximum atomic E-state index is 12.1. The number of piperidine rings is 1. The Labute approximate surface area is 105 Å². The molecule has 1 aliphatic heterocycles. The average molecular weight is 251 g/mol. The first-order chi connectivity index (χ1) is 8.49. The van der Waals surface area contributed by atoms with Crippen LogP contribution in [0.3, 0.4) is 0 Å². The summed E-state index contributed by atoms with van der Waals surface area (Å²) < 4.78 is 1.47. The Bertz CT molecular complexity index is 484. The third kappa shape index (κ3) is 2.29. The number of carbonyl (C=O) groups excluding carboxylic acids is 2. The van der Waals surface area contributed by atoms with Crippen molar-refractivity contribution in [1.82, 2.24) is 20.4 Å². The Balaban J connectivity index is 2.06. The van der Waals surface area contributed by atoms with Crippen LogP contribution in [0.25, 0.3) is 0 Å². The first-order valence-electron chi connectivity index (χ1n) is 5.85. The predicted molar refractivity (Wildman–Crippen MR) is 65.9 cm³/mol. The summed E-state index contributed by atoms with van der Waals surface area (Å²) in [5.41, 5.74) is 7.22. The van der Waals surface area contributed by atoms with E-state index >= 15 is 0 Å². The maximum Gasteiger partial charge on any atom is 0.271 e. The molecule has 0 bridgehead atoms. The summed E-state index contributed by atoms with van der Waals surface area (Å²) in [7, 11) is 1.68. The number of aromatic nitrogens is 2. The van der Waals surface area contributed by atoms with Gasteiger partial charge in [-0.2, -0.15) is 5.10 Å². The molecule has 1 saturated heterocycles. The van der Waals surface area contributed by atoms with E-state index in [0.29, 0.717) is 36.5 Å². The summed E-state index contributed by atoms with van der Waals surface area (Å²) >= 11 is 0. The molecular weight excluding hydrogens is 234 g/mol. The normalized spacial score (nSPS) is 19.4. The van der Waals surface area contributed by atoms with Gasteiger partial charge in [0.2, 0.25) is 5.91 Å². The Hall–Kier alpha value is -2.05. The molecule has 18 heavy (non-hydrogen) atoms. The average Bonchev–Trinajstić information content (AvgIpc) is 2.56. The number of nitrogen functional groups attached to an aromatic ring is 1.